The molecule has 7 heteroatoms. The number of benzene rings is 1. The van der Waals surface area contributed by atoms with E-state index in [0.29, 0.717) is 16.3 Å². The van der Waals surface area contributed by atoms with E-state index >= 15 is 0 Å². The molecule has 1 N–H and O–H groups in total. The van der Waals surface area contributed by atoms with Crippen LogP contribution in [-0.2, 0) is 11.3 Å². The van der Waals surface area contributed by atoms with Crippen molar-refractivity contribution in [3.05, 3.63) is 47.2 Å². The molecule has 1 saturated heterocycles. The van der Waals surface area contributed by atoms with Gasteiger partial charge in [0, 0.05) is 30.0 Å². The average Bonchev–Trinajstić information content (AvgIpc) is 3.20. The van der Waals surface area contributed by atoms with Gasteiger partial charge in [0.2, 0.25) is 5.91 Å². The number of amides is 2. The summed E-state index contributed by atoms with van der Waals surface area (Å²) < 4.78 is 1.47. The van der Waals surface area contributed by atoms with Crippen LogP contribution >= 0.6 is 11.6 Å². The van der Waals surface area contributed by atoms with E-state index in [1.54, 1.807) is 30.5 Å². The number of carbonyl (C=O) groups is 2. The van der Waals surface area contributed by atoms with E-state index in [1.165, 1.54) is 10.9 Å². The number of hydrogen-bond acceptors (Lipinski definition) is 3. The molecule has 1 fully saturated rings. The van der Waals surface area contributed by atoms with Crippen molar-refractivity contribution in [3.8, 4) is 0 Å². The monoisotopic (exact) mass is 332 g/mol. The highest BCUT2D eigenvalue weighted by Crippen LogP contribution is 2.14. The van der Waals surface area contributed by atoms with Crippen molar-refractivity contribution in [1.82, 2.24) is 14.7 Å². The Morgan fingerprint density at radius 3 is 2.57 bits per heavy atom. The average molecular weight is 333 g/mol. The Balaban J connectivity index is 1.58. The molecule has 1 aromatic carbocycles. The number of carbonyl (C=O) groups excluding carboxylic acids is 2. The zero-order valence-corrected chi connectivity index (χ0v) is 13.3. The summed E-state index contributed by atoms with van der Waals surface area (Å²) in [5.74, 6) is -0.234. The third-order valence-electron chi connectivity index (χ3n) is 3.71. The summed E-state index contributed by atoms with van der Waals surface area (Å²) in [5, 5.41) is 7.46. The summed E-state index contributed by atoms with van der Waals surface area (Å²) in [4.78, 5) is 26.0. The van der Waals surface area contributed by atoms with E-state index in [2.05, 4.69) is 10.4 Å². The first-order valence-electron chi connectivity index (χ1n) is 7.49. The lowest BCUT2D eigenvalue weighted by Crippen LogP contribution is -2.27. The standard InChI is InChI=1S/C16H17ClN4O2/c17-13-3-5-14(6-4-13)19-15(22)11-21-10-12(9-18-21)16(23)20-7-1-2-8-20/h3-6,9-10H,1-2,7-8,11H2,(H,19,22). The van der Waals surface area contributed by atoms with Gasteiger partial charge in [0.15, 0.2) is 0 Å². The molecule has 0 saturated carbocycles. The van der Waals surface area contributed by atoms with Crippen LogP contribution < -0.4 is 5.32 Å². The van der Waals surface area contributed by atoms with Crippen LogP contribution in [-0.4, -0.2) is 39.6 Å². The number of likely N-dealkylation sites (tertiary alicyclic amines) is 1. The maximum Gasteiger partial charge on any atom is 0.257 e. The molecule has 2 aromatic rings. The smallest absolute Gasteiger partial charge is 0.257 e. The summed E-state index contributed by atoms with van der Waals surface area (Å²) in [5.41, 5.74) is 1.19. The van der Waals surface area contributed by atoms with Crippen LogP contribution in [0.25, 0.3) is 0 Å². The van der Waals surface area contributed by atoms with Crippen molar-refractivity contribution in [2.75, 3.05) is 18.4 Å². The van der Waals surface area contributed by atoms with Gasteiger partial charge in [-0.05, 0) is 37.1 Å². The van der Waals surface area contributed by atoms with Crippen molar-refractivity contribution in [2.45, 2.75) is 19.4 Å². The van der Waals surface area contributed by atoms with E-state index in [9.17, 15) is 9.59 Å². The zero-order chi connectivity index (χ0) is 16.2. The van der Waals surface area contributed by atoms with Gasteiger partial charge in [-0.3, -0.25) is 14.3 Å². The van der Waals surface area contributed by atoms with E-state index in [1.807, 2.05) is 4.90 Å². The van der Waals surface area contributed by atoms with Crippen molar-refractivity contribution in [2.24, 2.45) is 0 Å². The molecular weight excluding hydrogens is 316 g/mol. The van der Waals surface area contributed by atoms with Crippen LogP contribution in [0.3, 0.4) is 0 Å². The molecule has 0 atom stereocenters. The number of aromatic nitrogens is 2. The summed E-state index contributed by atoms with van der Waals surface area (Å²) in [6, 6.07) is 6.87. The molecule has 120 valence electrons. The zero-order valence-electron chi connectivity index (χ0n) is 12.5. The van der Waals surface area contributed by atoms with Crippen molar-refractivity contribution in [3.63, 3.8) is 0 Å². The second-order valence-corrected chi connectivity index (χ2v) is 5.92. The van der Waals surface area contributed by atoms with E-state index < -0.39 is 0 Å². The minimum atomic E-state index is -0.212. The molecule has 0 aliphatic carbocycles. The van der Waals surface area contributed by atoms with Gasteiger partial charge >= 0.3 is 0 Å². The molecular formula is C16H17ClN4O2. The normalized spacial score (nSPS) is 14.0. The summed E-state index contributed by atoms with van der Waals surface area (Å²) in [6.07, 6.45) is 5.21. The van der Waals surface area contributed by atoms with Crippen LogP contribution in [0.15, 0.2) is 36.7 Å². The van der Waals surface area contributed by atoms with E-state index in [-0.39, 0.29) is 18.4 Å². The van der Waals surface area contributed by atoms with Gasteiger partial charge < -0.3 is 10.2 Å². The Hall–Kier alpha value is -2.34. The SMILES string of the molecule is O=C(Cn1cc(C(=O)N2CCCC2)cn1)Nc1ccc(Cl)cc1. The maximum atomic E-state index is 12.2. The number of nitrogens with zero attached hydrogens (tertiary/aromatic N) is 3. The van der Waals surface area contributed by atoms with E-state index in [4.69, 9.17) is 11.6 Å². The van der Waals surface area contributed by atoms with Gasteiger partial charge in [-0.15, -0.1) is 0 Å². The number of halogens is 1. The number of hydrogen-bond donors (Lipinski definition) is 1. The summed E-state index contributed by atoms with van der Waals surface area (Å²) in [6.45, 7) is 1.64. The first kappa shape index (κ1) is 15.6. The Morgan fingerprint density at radius 2 is 1.87 bits per heavy atom. The number of nitrogens with one attached hydrogen (secondary N) is 1. The molecule has 0 bridgehead atoms. The number of anilines is 1. The minimum Gasteiger partial charge on any atom is -0.339 e. The predicted molar refractivity (Wildman–Crippen MR) is 87.4 cm³/mol. The molecule has 0 radical (unpaired) electrons. The van der Waals surface area contributed by atoms with Gasteiger partial charge in [-0.25, -0.2) is 0 Å². The van der Waals surface area contributed by atoms with Crippen LogP contribution in [0.5, 0.6) is 0 Å². The van der Waals surface area contributed by atoms with Crippen LogP contribution in [0, 0.1) is 0 Å². The Labute approximate surface area is 139 Å². The summed E-state index contributed by atoms with van der Waals surface area (Å²) >= 11 is 5.80. The van der Waals surface area contributed by atoms with Crippen LogP contribution in [0.2, 0.25) is 5.02 Å². The fourth-order valence-corrected chi connectivity index (χ4v) is 2.67. The summed E-state index contributed by atoms with van der Waals surface area (Å²) in [7, 11) is 0. The molecule has 0 spiro atoms. The van der Waals surface area contributed by atoms with Gasteiger partial charge in [0.05, 0.1) is 11.8 Å². The van der Waals surface area contributed by atoms with Gasteiger partial charge in [-0.1, -0.05) is 11.6 Å². The molecule has 1 aromatic heterocycles. The molecule has 2 amide bonds. The van der Waals surface area contributed by atoms with Gasteiger partial charge in [0.1, 0.15) is 6.54 Å². The fraction of sp³-hybridized carbons (Fsp3) is 0.312. The number of rotatable bonds is 4. The highest BCUT2D eigenvalue weighted by atomic mass is 35.5. The highest BCUT2D eigenvalue weighted by Gasteiger charge is 2.20. The molecule has 3 rings (SSSR count). The molecule has 1 aliphatic rings. The molecule has 23 heavy (non-hydrogen) atoms. The fourth-order valence-electron chi connectivity index (χ4n) is 2.54. The van der Waals surface area contributed by atoms with Gasteiger partial charge in [-0.2, -0.15) is 5.10 Å². The van der Waals surface area contributed by atoms with Crippen molar-refractivity contribution < 1.29 is 9.59 Å². The second-order valence-electron chi connectivity index (χ2n) is 5.48. The van der Waals surface area contributed by atoms with Crippen LogP contribution in [0.4, 0.5) is 5.69 Å². The van der Waals surface area contributed by atoms with Crippen molar-refractivity contribution in [1.29, 1.82) is 0 Å². The molecule has 0 unspecified atom stereocenters. The first-order valence-corrected chi connectivity index (χ1v) is 7.87. The molecule has 1 aliphatic heterocycles. The van der Waals surface area contributed by atoms with Crippen molar-refractivity contribution >= 4 is 29.1 Å². The topological polar surface area (TPSA) is 67.2 Å². The minimum absolute atomic E-state index is 0.0214. The Morgan fingerprint density at radius 1 is 1.17 bits per heavy atom. The lowest BCUT2D eigenvalue weighted by Gasteiger charge is -2.13. The highest BCUT2D eigenvalue weighted by molar-refractivity contribution is 6.30. The Kier molecular flexibility index (Phi) is 4.62. The third kappa shape index (κ3) is 3.90. The molecule has 2 heterocycles. The third-order valence-corrected chi connectivity index (χ3v) is 3.96. The Bertz CT molecular complexity index is 705. The second kappa shape index (κ2) is 6.83. The van der Waals surface area contributed by atoms with Gasteiger partial charge in [0.25, 0.3) is 5.91 Å². The quantitative estimate of drug-likeness (QED) is 0.935. The largest absolute Gasteiger partial charge is 0.339 e. The maximum absolute atomic E-state index is 12.2. The lowest BCUT2D eigenvalue weighted by atomic mass is 10.3. The lowest BCUT2D eigenvalue weighted by molar-refractivity contribution is -0.116. The first-order chi connectivity index (χ1) is 11.1. The predicted octanol–water partition coefficient (Wildman–Crippen LogP) is 2.41. The van der Waals surface area contributed by atoms with Crippen LogP contribution in [0.1, 0.15) is 23.2 Å². The molecule has 6 nitrogen and oxygen atoms in total. The van der Waals surface area contributed by atoms with E-state index in [0.717, 1.165) is 25.9 Å².